The van der Waals surface area contributed by atoms with Crippen LogP contribution in [0.1, 0.15) is 36.4 Å². The molecule has 0 saturated heterocycles. The topological polar surface area (TPSA) is 79.4 Å². The summed E-state index contributed by atoms with van der Waals surface area (Å²) >= 11 is 1.55. The highest BCUT2D eigenvalue weighted by Gasteiger charge is 2.21. The standard InChI is InChI=1S/C23H26FN3O3S2/c1-16(22-17(2)26-23(31-22)18-8-5-4-6-9-18)25-21(28)10-7-15-27(3)32(29,30)20-13-11-19(24)12-14-20/h4-6,8-9,11-14,16H,7,10,15H2,1-3H3,(H,25,28). The lowest BCUT2D eigenvalue weighted by atomic mass is 10.2. The predicted molar refractivity (Wildman–Crippen MR) is 124 cm³/mol. The maximum atomic E-state index is 13.1. The molecule has 0 saturated carbocycles. The van der Waals surface area contributed by atoms with E-state index in [4.69, 9.17) is 0 Å². The van der Waals surface area contributed by atoms with Crippen molar-refractivity contribution in [2.24, 2.45) is 0 Å². The fourth-order valence-electron chi connectivity index (χ4n) is 3.26. The number of nitrogens with zero attached hydrogens (tertiary/aromatic N) is 2. The summed E-state index contributed by atoms with van der Waals surface area (Å²) in [6.07, 6.45) is 0.559. The smallest absolute Gasteiger partial charge is 0.242 e. The molecule has 32 heavy (non-hydrogen) atoms. The number of carbonyl (C=O) groups is 1. The first-order valence-electron chi connectivity index (χ1n) is 10.2. The predicted octanol–water partition coefficient (Wildman–Crippen LogP) is 4.54. The van der Waals surface area contributed by atoms with Crippen LogP contribution in [0.3, 0.4) is 0 Å². The second-order valence-corrected chi connectivity index (χ2v) is 10.6. The second kappa shape index (κ2) is 10.3. The van der Waals surface area contributed by atoms with Crippen molar-refractivity contribution >= 4 is 27.3 Å². The van der Waals surface area contributed by atoms with Crippen molar-refractivity contribution in [1.29, 1.82) is 0 Å². The van der Waals surface area contributed by atoms with Crippen molar-refractivity contribution in [1.82, 2.24) is 14.6 Å². The van der Waals surface area contributed by atoms with Gasteiger partial charge in [0.1, 0.15) is 10.8 Å². The quantitative estimate of drug-likeness (QED) is 0.493. The molecule has 3 aromatic rings. The third-order valence-corrected chi connectivity index (χ3v) is 8.28. The summed E-state index contributed by atoms with van der Waals surface area (Å²) in [6.45, 7) is 4.02. The van der Waals surface area contributed by atoms with Gasteiger partial charge in [-0.05, 0) is 44.5 Å². The Morgan fingerprint density at radius 1 is 1.16 bits per heavy atom. The van der Waals surface area contributed by atoms with Gasteiger partial charge >= 0.3 is 0 Å². The number of rotatable bonds is 9. The average molecular weight is 476 g/mol. The molecule has 1 heterocycles. The van der Waals surface area contributed by atoms with Crippen LogP contribution in [0.25, 0.3) is 10.6 Å². The Balaban J connectivity index is 1.53. The lowest BCUT2D eigenvalue weighted by Gasteiger charge is -2.17. The number of sulfonamides is 1. The van der Waals surface area contributed by atoms with E-state index in [1.165, 1.54) is 23.5 Å². The Hall–Kier alpha value is -2.62. The summed E-state index contributed by atoms with van der Waals surface area (Å²) < 4.78 is 39.3. The van der Waals surface area contributed by atoms with Crippen molar-refractivity contribution < 1.29 is 17.6 Å². The van der Waals surface area contributed by atoms with Crippen molar-refractivity contribution in [2.45, 2.75) is 37.6 Å². The number of thiazole rings is 1. The zero-order valence-electron chi connectivity index (χ0n) is 18.2. The van der Waals surface area contributed by atoms with Crippen LogP contribution in [0, 0.1) is 12.7 Å². The molecule has 0 fully saturated rings. The van der Waals surface area contributed by atoms with Crippen molar-refractivity contribution in [3.8, 4) is 10.6 Å². The van der Waals surface area contributed by atoms with Crippen LogP contribution in [0.4, 0.5) is 4.39 Å². The van der Waals surface area contributed by atoms with Crippen LogP contribution in [-0.2, 0) is 14.8 Å². The van der Waals surface area contributed by atoms with Crippen LogP contribution in [0.5, 0.6) is 0 Å². The first kappa shape index (κ1) is 24.0. The molecular formula is C23H26FN3O3S2. The Labute approximate surface area is 192 Å². The van der Waals surface area contributed by atoms with Gasteiger partial charge < -0.3 is 5.32 Å². The largest absolute Gasteiger partial charge is 0.349 e. The lowest BCUT2D eigenvalue weighted by Crippen LogP contribution is -2.30. The van der Waals surface area contributed by atoms with E-state index in [0.29, 0.717) is 6.42 Å². The van der Waals surface area contributed by atoms with Gasteiger partial charge in [-0.2, -0.15) is 0 Å². The molecule has 3 rings (SSSR count). The second-order valence-electron chi connectivity index (χ2n) is 7.51. The Morgan fingerprint density at radius 3 is 2.47 bits per heavy atom. The van der Waals surface area contributed by atoms with E-state index >= 15 is 0 Å². The average Bonchev–Trinajstić information content (AvgIpc) is 3.16. The van der Waals surface area contributed by atoms with E-state index in [-0.39, 0.29) is 29.8 Å². The summed E-state index contributed by atoms with van der Waals surface area (Å²) in [5, 5.41) is 3.88. The minimum Gasteiger partial charge on any atom is -0.349 e. The molecule has 2 aromatic carbocycles. The molecule has 6 nitrogen and oxygen atoms in total. The molecule has 1 aromatic heterocycles. The van der Waals surface area contributed by atoms with E-state index in [1.54, 1.807) is 11.3 Å². The van der Waals surface area contributed by atoms with Crippen molar-refractivity contribution in [3.63, 3.8) is 0 Å². The molecule has 170 valence electrons. The highest BCUT2D eigenvalue weighted by atomic mass is 32.2. The molecule has 0 aliphatic rings. The summed E-state index contributed by atoms with van der Waals surface area (Å²) in [5.41, 5.74) is 1.92. The molecule has 0 aliphatic heterocycles. The lowest BCUT2D eigenvalue weighted by molar-refractivity contribution is -0.121. The normalized spacial score (nSPS) is 12.7. The number of carbonyl (C=O) groups excluding carboxylic acids is 1. The molecule has 1 unspecified atom stereocenters. The fourth-order valence-corrected chi connectivity index (χ4v) is 5.55. The molecule has 0 radical (unpaired) electrons. The van der Waals surface area contributed by atoms with E-state index < -0.39 is 15.8 Å². The first-order valence-corrected chi connectivity index (χ1v) is 12.5. The van der Waals surface area contributed by atoms with Crippen LogP contribution >= 0.6 is 11.3 Å². The minimum absolute atomic E-state index is 0.0226. The number of aryl methyl sites for hydroxylation is 1. The van der Waals surface area contributed by atoms with E-state index in [2.05, 4.69) is 10.3 Å². The molecule has 0 spiro atoms. The number of amides is 1. The third-order valence-electron chi connectivity index (χ3n) is 5.02. The van der Waals surface area contributed by atoms with Gasteiger partial charge in [-0.25, -0.2) is 22.1 Å². The van der Waals surface area contributed by atoms with Gasteiger partial charge in [0.2, 0.25) is 15.9 Å². The van der Waals surface area contributed by atoms with E-state index in [0.717, 1.165) is 33.3 Å². The summed E-state index contributed by atoms with van der Waals surface area (Å²) in [6, 6.07) is 14.4. The SMILES string of the molecule is Cc1nc(-c2ccccc2)sc1C(C)NC(=O)CCCN(C)S(=O)(=O)c1ccc(F)cc1. The highest BCUT2D eigenvalue weighted by Crippen LogP contribution is 2.31. The number of nitrogens with one attached hydrogen (secondary N) is 1. The Morgan fingerprint density at radius 2 is 1.81 bits per heavy atom. The number of benzene rings is 2. The number of hydrogen-bond donors (Lipinski definition) is 1. The molecule has 0 aliphatic carbocycles. The van der Waals surface area contributed by atoms with Gasteiger partial charge in [-0.15, -0.1) is 11.3 Å². The van der Waals surface area contributed by atoms with Crippen LogP contribution < -0.4 is 5.32 Å². The molecule has 9 heteroatoms. The summed E-state index contributed by atoms with van der Waals surface area (Å²) in [5.74, 6) is -0.649. The van der Waals surface area contributed by atoms with Gasteiger partial charge in [0, 0.05) is 25.6 Å². The van der Waals surface area contributed by atoms with Crippen LogP contribution in [-0.4, -0.2) is 37.2 Å². The van der Waals surface area contributed by atoms with Gasteiger partial charge in [0.15, 0.2) is 0 Å². The maximum absolute atomic E-state index is 13.1. The zero-order chi connectivity index (χ0) is 23.3. The first-order chi connectivity index (χ1) is 15.2. The van der Waals surface area contributed by atoms with Crippen LogP contribution in [0.2, 0.25) is 0 Å². The molecule has 1 atom stereocenters. The van der Waals surface area contributed by atoms with Crippen LogP contribution in [0.15, 0.2) is 59.5 Å². The highest BCUT2D eigenvalue weighted by molar-refractivity contribution is 7.89. The molecule has 0 bridgehead atoms. The maximum Gasteiger partial charge on any atom is 0.242 e. The third kappa shape index (κ3) is 5.79. The monoisotopic (exact) mass is 475 g/mol. The van der Waals surface area contributed by atoms with E-state index in [9.17, 15) is 17.6 Å². The number of hydrogen-bond acceptors (Lipinski definition) is 5. The molecule has 1 amide bonds. The minimum atomic E-state index is -3.72. The van der Waals surface area contributed by atoms with Crippen molar-refractivity contribution in [3.05, 3.63) is 71.0 Å². The van der Waals surface area contributed by atoms with Gasteiger partial charge in [-0.3, -0.25) is 4.79 Å². The zero-order valence-corrected chi connectivity index (χ0v) is 19.8. The summed E-state index contributed by atoms with van der Waals surface area (Å²) in [4.78, 5) is 18.1. The Kier molecular flexibility index (Phi) is 7.76. The number of aromatic nitrogens is 1. The van der Waals surface area contributed by atoms with E-state index in [1.807, 2.05) is 44.2 Å². The van der Waals surface area contributed by atoms with Gasteiger partial charge in [0.05, 0.1) is 21.5 Å². The number of halogens is 1. The summed E-state index contributed by atoms with van der Waals surface area (Å²) in [7, 11) is -2.27. The fraction of sp³-hybridized carbons (Fsp3) is 0.304. The molecular weight excluding hydrogens is 449 g/mol. The molecule has 1 N–H and O–H groups in total. The van der Waals surface area contributed by atoms with Gasteiger partial charge in [0.25, 0.3) is 0 Å². The van der Waals surface area contributed by atoms with Gasteiger partial charge in [-0.1, -0.05) is 30.3 Å². The Bertz CT molecular complexity index is 1160. The van der Waals surface area contributed by atoms with Crippen molar-refractivity contribution in [2.75, 3.05) is 13.6 Å².